The Morgan fingerprint density at radius 2 is 1.58 bits per heavy atom. The molecule has 0 aromatic heterocycles. The van der Waals surface area contributed by atoms with Gasteiger partial charge in [0.05, 0.1) is 0 Å². The quantitative estimate of drug-likeness (QED) is 0.583. The number of carbonyl (C=O) groups is 2. The van der Waals surface area contributed by atoms with Crippen molar-refractivity contribution in [3.05, 3.63) is 60.2 Å². The fraction of sp³-hybridized carbons (Fsp3) is 0.300. The van der Waals surface area contributed by atoms with Gasteiger partial charge >= 0.3 is 6.03 Å². The fourth-order valence-corrected chi connectivity index (χ4v) is 2.49. The zero-order valence-corrected chi connectivity index (χ0v) is 15.0. The Morgan fingerprint density at radius 1 is 0.962 bits per heavy atom. The largest absolute Gasteiger partial charge is 0.348 e. The van der Waals surface area contributed by atoms with Crippen molar-refractivity contribution in [2.24, 2.45) is 5.73 Å². The Hall–Kier alpha value is -2.86. The number of unbranched alkanes of at least 4 members (excludes halogenated alkanes) is 1. The lowest BCUT2D eigenvalue weighted by Crippen LogP contribution is -2.40. The van der Waals surface area contributed by atoms with Gasteiger partial charge in [-0.05, 0) is 42.8 Å². The maximum atomic E-state index is 12.3. The molecule has 2 aromatic carbocycles. The van der Waals surface area contributed by atoms with Crippen LogP contribution < -0.4 is 21.7 Å². The molecule has 138 valence electrons. The molecular weight excluding hydrogens is 328 g/mol. The highest BCUT2D eigenvalue weighted by Gasteiger charge is 2.12. The summed E-state index contributed by atoms with van der Waals surface area (Å²) in [6, 6.07) is 15.6. The Balaban J connectivity index is 1.88. The zero-order valence-electron chi connectivity index (χ0n) is 15.0. The van der Waals surface area contributed by atoms with Gasteiger partial charge in [-0.2, -0.15) is 0 Å². The van der Waals surface area contributed by atoms with Gasteiger partial charge in [0.1, 0.15) is 0 Å². The molecule has 2 rings (SSSR count). The van der Waals surface area contributed by atoms with Crippen LogP contribution in [0.4, 0.5) is 16.2 Å². The Kier molecular flexibility index (Phi) is 7.64. The van der Waals surface area contributed by atoms with E-state index in [1.807, 2.05) is 18.2 Å². The highest BCUT2D eigenvalue weighted by Crippen LogP contribution is 2.12. The van der Waals surface area contributed by atoms with Gasteiger partial charge < -0.3 is 21.7 Å². The summed E-state index contributed by atoms with van der Waals surface area (Å²) in [5, 5.41) is 8.42. The normalized spacial score (nSPS) is 11.5. The number of para-hydroxylation sites is 1. The molecule has 0 saturated carbocycles. The molecule has 0 spiro atoms. The van der Waals surface area contributed by atoms with Crippen molar-refractivity contribution >= 4 is 23.3 Å². The Morgan fingerprint density at radius 3 is 2.15 bits per heavy atom. The van der Waals surface area contributed by atoms with Crippen molar-refractivity contribution in [3.63, 3.8) is 0 Å². The van der Waals surface area contributed by atoms with E-state index in [2.05, 4.69) is 22.9 Å². The van der Waals surface area contributed by atoms with Crippen molar-refractivity contribution in [3.8, 4) is 0 Å². The van der Waals surface area contributed by atoms with Crippen LogP contribution >= 0.6 is 0 Å². The van der Waals surface area contributed by atoms with Crippen LogP contribution in [0.5, 0.6) is 0 Å². The molecule has 6 nitrogen and oxygen atoms in total. The van der Waals surface area contributed by atoms with Crippen molar-refractivity contribution in [2.75, 3.05) is 17.2 Å². The maximum absolute atomic E-state index is 12.3. The SMILES string of the molecule is CCCCC(CN)NC(=O)c1ccc(NC(=O)Nc2ccccc2)cc1. The summed E-state index contributed by atoms with van der Waals surface area (Å²) >= 11 is 0. The number of hydrogen-bond donors (Lipinski definition) is 4. The van der Waals surface area contributed by atoms with Gasteiger partial charge in [0.2, 0.25) is 0 Å². The summed E-state index contributed by atoms with van der Waals surface area (Å²) in [4.78, 5) is 24.3. The number of urea groups is 1. The molecule has 26 heavy (non-hydrogen) atoms. The van der Waals surface area contributed by atoms with Crippen molar-refractivity contribution < 1.29 is 9.59 Å². The van der Waals surface area contributed by atoms with Gasteiger partial charge in [0, 0.05) is 29.5 Å². The molecule has 0 bridgehead atoms. The molecule has 2 aromatic rings. The second kappa shape index (κ2) is 10.2. The van der Waals surface area contributed by atoms with Crippen molar-refractivity contribution in [2.45, 2.75) is 32.2 Å². The van der Waals surface area contributed by atoms with Gasteiger partial charge in [-0.15, -0.1) is 0 Å². The van der Waals surface area contributed by atoms with Crippen LogP contribution in [0.25, 0.3) is 0 Å². The zero-order chi connectivity index (χ0) is 18.8. The predicted molar refractivity (Wildman–Crippen MR) is 105 cm³/mol. The van der Waals surface area contributed by atoms with Gasteiger partial charge in [-0.3, -0.25) is 4.79 Å². The third-order valence-electron chi connectivity index (χ3n) is 3.96. The number of hydrogen-bond acceptors (Lipinski definition) is 3. The van der Waals surface area contributed by atoms with Gasteiger partial charge in [-0.25, -0.2) is 4.79 Å². The third-order valence-corrected chi connectivity index (χ3v) is 3.96. The summed E-state index contributed by atoms with van der Waals surface area (Å²) < 4.78 is 0. The molecule has 1 unspecified atom stereocenters. The minimum absolute atomic E-state index is 0.0168. The van der Waals surface area contributed by atoms with E-state index < -0.39 is 0 Å². The van der Waals surface area contributed by atoms with Crippen LogP contribution in [0.1, 0.15) is 36.5 Å². The van der Waals surface area contributed by atoms with E-state index in [4.69, 9.17) is 5.73 Å². The smallest absolute Gasteiger partial charge is 0.323 e. The number of carbonyl (C=O) groups excluding carboxylic acids is 2. The molecule has 0 heterocycles. The molecule has 0 aliphatic carbocycles. The monoisotopic (exact) mass is 354 g/mol. The number of amides is 3. The van der Waals surface area contributed by atoms with E-state index in [1.165, 1.54) is 0 Å². The Bertz CT molecular complexity index is 702. The summed E-state index contributed by atoms with van der Waals surface area (Å²) in [7, 11) is 0. The van der Waals surface area contributed by atoms with E-state index in [1.54, 1.807) is 36.4 Å². The number of nitrogens with one attached hydrogen (secondary N) is 3. The summed E-state index contributed by atoms with van der Waals surface area (Å²) in [5.41, 5.74) is 7.57. The molecule has 6 heteroatoms. The van der Waals surface area contributed by atoms with Gasteiger partial charge in [0.25, 0.3) is 5.91 Å². The summed E-state index contributed by atoms with van der Waals surface area (Å²) in [6.07, 6.45) is 2.97. The number of rotatable bonds is 8. The van der Waals surface area contributed by atoms with E-state index in [0.717, 1.165) is 19.3 Å². The number of anilines is 2. The lowest BCUT2D eigenvalue weighted by atomic mass is 10.1. The van der Waals surface area contributed by atoms with Crippen LogP contribution in [0.2, 0.25) is 0 Å². The van der Waals surface area contributed by atoms with E-state index in [0.29, 0.717) is 23.5 Å². The van der Waals surface area contributed by atoms with Crippen LogP contribution in [0.15, 0.2) is 54.6 Å². The highest BCUT2D eigenvalue weighted by molar-refractivity contribution is 6.00. The fourth-order valence-electron chi connectivity index (χ4n) is 2.49. The first-order valence-corrected chi connectivity index (χ1v) is 8.86. The minimum atomic E-state index is -0.337. The van der Waals surface area contributed by atoms with Gasteiger partial charge in [0.15, 0.2) is 0 Å². The predicted octanol–water partition coefficient (Wildman–Crippen LogP) is 3.58. The van der Waals surface area contributed by atoms with Crippen molar-refractivity contribution in [1.29, 1.82) is 0 Å². The number of benzene rings is 2. The Labute approximate surface area is 154 Å². The topological polar surface area (TPSA) is 96.2 Å². The molecule has 0 radical (unpaired) electrons. The van der Waals surface area contributed by atoms with Crippen molar-refractivity contribution in [1.82, 2.24) is 5.32 Å². The summed E-state index contributed by atoms with van der Waals surface area (Å²) in [6.45, 7) is 2.53. The third kappa shape index (κ3) is 6.22. The first-order valence-electron chi connectivity index (χ1n) is 8.86. The lowest BCUT2D eigenvalue weighted by molar-refractivity contribution is 0.0936. The molecule has 0 saturated heterocycles. The first kappa shape index (κ1) is 19.5. The number of nitrogens with two attached hydrogens (primary N) is 1. The molecular formula is C20H26N4O2. The molecule has 0 fully saturated rings. The average molecular weight is 354 g/mol. The standard InChI is InChI=1S/C20H26N4O2/c1-2-3-7-18(14-21)22-19(25)15-10-12-17(13-11-15)24-20(26)23-16-8-5-4-6-9-16/h4-6,8-13,18H,2-3,7,14,21H2,1H3,(H,22,25)(H2,23,24,26). The second-order valence-corrected chi connectivity index (χ2v) is 6.07. The maximum Gasteiger partial charge on any atom is 0.323 e. The van der Waals surface area contributed by atoms with Crippen LogP contribution in [-0.4, -0.2) is 24.5 Å². The first-order chi connectivity index (χ1) is 12.6. The van der Waals surface area contributed by atoms with Crippen LogP contribution in [-0.2, 0) is 0 Å². The second-order valence-electron chi connectivity index (χ2n) is 6.07. The average Bonchev–Trinajstić information content (AvgIpc) is 2.66. The minimum Gasteiger partial charge on any atom is -0.348 e. The molecule has 0 aliphatic heterocycles. The molecule has 5 N–H and O–H groups in total. The van der Waals surface area contributed by atoms with E-state index in [-0.39, 0.29) is 18.0 Å². The van der Waals surface area contributed by atoms with E-state index in [9.17, 15) is 9.59 Å². The van der Waals surface area contributed by atoms with E-state index >= 15 is 0 Å². The molecule has 3 amide bonds. The summed E-state index contributed by atoms with van der Waals surface area (Å²) in [5.74, 6) is -0.156. The molecule has 0 aliphatic rings. The lowest BCUT2D eigenvalue weighted by Gasteiger charge is -2.16. The van der Waals surface area contributed by atoms with Crippen LogP contribution in [0.3, 0.4) is 0 Å². The van der Waals surface area contributed by atoms with Crippen LogP contribution in [0, 0.1) is 0 Å². The van der Waals surface area contributed by atoms with Gasteiger partial charge in [-0.1, -0.05) is 38.0 Å². The highest BCUT2D eigenvalue weighted by atomic mass is 16.2. The molecule has 1 atom stereocenters.